The molecular formula is C16H23ClN2O2. The smallest absolute Gasteiger partial charge is 0.251 e. The maximum atomic E-state index is 12.0. The zero-order chi connectivity index (χ0) is 15.1. The molecule has 2 rings (SSSR count). The molecule has 1 N–H and O–H groups in total. The molecule has 0 radical (unpaired) electrons. The topological polar surface area (TPSA) is 51.2 Å². The Morgan fingerprint density at radius 3 is 2.86 bits per heavy atom. The molecule has 5 heteroatoms. The van der Waals surface area contributed by atoms with Crippen LogP contribution in [0.15, 0.2) is 12.1 Å². The predicted octanol–water partition coefficient (Wildman–Crippen LogP) is 3.51. The number of amides is 1. The Hall–Kier alpha value is -1.13. The van der Waals surface area contributed by atoms with E-state index in [0.29, 0.717) is 30.0 Å². The van der Waals surface area contributed by atoms with Crippen molar-refractivity contribution in [2.24, 2.45) is 0 Å². The zero-order valence-corrected chi connectivity index (χ0v) is 13.3. The zero-order valence-electron chi connectivity index (χ0n) is 12.5. The van der Waals surface area contributed by atoms with Crippen molar-refractivity contribution in [1.29, 1.82) is 0 Å². The van der Waals surface area contributed by atoms with E-state index in [9.17, 15) is 4.79 Å². The normalized spacial score (nSPS) is 15.9. The summed E-state index contributed by atoms with van der Waals surface area (Å²) in [6, 6.07) is 3.32. The molecule has 1 heterocycles. The van der Waals surface area contributed by atoms with Crippen molar-refractivity contribution in [2.45, 2.75) is 51.6 Å². The molecule has 0 aromatic carbocycles. The van der Waals surface area contributed by atoms with Crippen LogP contribution in [0.4, 0.5) is 0 Å². The van der Waals surface area contributed by atoms with E-state index >= 15 is 0 Å². The third kappa shape index (κ3) is 5.64. The molecular weight excluding hydrogens is 288 g/mol. The average Bonchev–Trinajstić information content (AvgIpc) is 2.47. The van der Waals surface area contributed by atoms with Crippen LogP contribution in [0, 0.1) is 6.92 Å². The molecule has 1 amide bonds. The van der Waals surface area contributed by atoms with Gasteiger partial charge in [0.05, 0.1) is 6.10 Å². The summed E-state index contributed by atoms with van der Waals surface area (Å²) in [6.07, 6.45) is 7.52. The summed E-state index contributed by atoms with van der Waals surface area (Å²) in [5.41, 5.74) is 1.30. The van der Waals surface area contributed by atoms with Gasteiger partial charge in [-0.1, -0.05) is 30.9 Å². The Morgan fingerprint density at radius 2 is 2.14 bits per heavy atom. The molecule has 1 fully saturated rings. The van der Waals surface area contributed by atoms with Crippen LogP contribution in [0.2, 0.25) is 5.15 Å². The summed E-state index contributed by atoms with van der Waals surface area (Å²) in [7, 11) is 0. The van der Waals surface area contributed by atoms with Crippen molar-refractivity contribution < 1.29 is 9.53 Å². The number of nitrogens with one attached hydrogen (secondary N) is 1. The second-order valence-corrected chi connectivity index (χ2v) is 5.95. The molecule has 0 aliphatic heterocycles. The molecule has 1 aliphatic rings. The fourth-order valence-electron chi connectivity index (χ4n) is 2.62. The minimum absolute atomic E-state index is 0.111. The number of pyridine rings is 1. The Balaban J connectivity index is 1.64. The van der Waals surface area contributed by atoms with E-state index in [1.807, 2.05) is 6.92 Å². The lowest BCUT2D eigenvalue weighted by Crippen LogP contribution is -2.26. The van der Waals surface area contributed by atoms with Crippen LogP contribution in [0.25, 0.3) is 0 Å². The summed E-state index contributed by atoms with van der Waals surface area (Å²) >= 11 is 5.85. The lowest BCUT2D eigenvalue weighted by molar-refractivity contribution is 0.0273. The lowest BCUT2D eigenvalue weighted by Gasteiger charge is -2.21. The van der Waals surface area contributed by atoms with Crippen LogP contribution >= 0.6 is 11.6 Å². The fourth-order valence-corrected chi connectivity index (χ4v) is 2.87. The Labute approximate surface area is 131 Å². The number of rotatable bonds is 6. The maximum absolute atomic E-state index is 12.0. The van der Waals surface area contributed by atoms with Gasteiger partial charge >= 0.3 is 0 Å². The van der Waals surface area contributed by atoms with Crippen molar-refractivity contribution in [3.05, 3.63) is 28.5 Å². The highest BCUT2D eigenvalue weighted by atomic mass is 35.5. The van der Waals surface area contributed by atoms with E-state index in [4.69, 9.17) is 16.3 Å². The van der Waals surface area contributed by atoms with Crippen LogP contribution in [-0.4, -0.2) is 30.1 Å². The fraction of sp³-hybridized carbons (Fsp3) is 0.625. The second-order valence-electron chi connectivity index (χ2n) is 5.56. The number of ether oxygens (including phenoxy) is 1. The van der Waals surface area contributed by atoms with Crippen molar-refractivity contribution in [2.75, 3.05) is 13.2 Å². The first kappa shape index (κ1) is 16.2. The van der Waals surface area contributed by atoms with Gasteiger partial charge in [-0.05, 0) is 38.3 Å². The number of aryl methyl sites for hydroxylation is 1. The molecule has 4 nitrogen and oxygen atoms in total. The SMILES string of the molecule is Cc1cc(C(=O)NCCCOC2CCCCC2)cc(Cl)n1. The second kappa shape index (κ2) is 8.35. The Morgan fingerprint density at radius 1 is 1.38 bits per heavy atom. The van der Waals surface area contributed by atoms with Gasteiger partial charge in [0.2, 0.25) is 0 Å². The van der Waals surface area contributed by atoms with Gasteiger partial charge in [0.25, 0.3) is 5.91 Å². The summed E-state index contributed by atoms with van der Waals surface area (Å²) in [4.78, 5) is 16.0. The van der Waals surface area contributed by atoms with Crippen LogP contribution in [-0.2, 0) is 4.74 Å². The largest absolute Gasteiger partial charge is 0.378 e. The van der Waals surface area contributed by atoms with E-state index in [2.05, 4.69) is 10.3 Å². The van der Waals surface area contributed by atoms with Gasteiger partial charge in [-0.2, -0.15) is 0 Å². The van der Waals surface area contributed by atoms with E-state index < -0.39 is 0 Å². The number of hydrogen-bond donors (Lipinski definition) is 1. The monoisotopic (exact) mass is 310 g/mol. The highest BCUT2D eigenvalue weighted by molar-refractivity contribution is 6.29. The predicted molar refractivity (Wildman–Crippen MR) is 83.8 cm³/mol. The third-order valence-electron chi connectivity index (χ3n) is 3.70. The van der Waals surface area contributed by atoms with Crippen molar-refractivity contribution in [3.63, 3.8) is 0 Å². The maximum Gasteiger partial charge on any atom is 0.251 e. The standard InChI is InChI=1S/C16H23ClN2O2/c1-12-10-13(11-15(17)19-12)16(20)18-8-5-9-21-14-6-3-2-4-7-14/h10-11,14H,2-9H2,1H3,(H,18,20). The first-order valence-corrected chi connectivity index (χ1v) is 8.07. The van der Waals surface area contributed by atoms with Gasteiger partial charge in [0.15, 0.2) is 0 Å². The summed E-state index contributed by atoms with van der Waals surface area (Å²) in [5.74, 6) is -0.111. The van der Waals surface area contributed by atoms with Crippen LogP contribution in [0.5, 0.6) is 0 Å². The van der Waals surface area contributed by atoms with Crippen LogP contribution in [0.1, 0.15) is 54.6 Å². The minimum Gasteiger partial charge on any atom is -0.378 e. The number of halogens is 1. The number of nitrogens with zero attached hydrogens (tertiary/aromatic N) is 1. The highest BCUT2D eigenvalue weighted by Gasteiger charge is 2.13. The first-order valence-electron chi connectivity index (χ1n) is 7.69. The third-order valence-corrected chi connectivity index (χ3v) is 3.89. The number of carbonyl (C=O) groups is 1. The Bertz CT molecular complexity index is 453. The highest BCUT2D eigenvalue weighted by Crippen LogP contribution is 2.20. The van der Waals surface area contributed by atoms with E-state index in [0.717, 1.165) is 12.1 Å². The van der Waals surface area contributed by atoms with Gasteiger partial charge < -0.3 is 10.1 Å². The van der Waals surface area contributed by atoms with Crippen molar-refractivity contribution in [1.82, 2.24) is 10.3 Å². The van der Waals surface area contributed by atoms with Crippen LogP contribution in [0.3, 0.4) is 0 Å². The van der Waals surface area contributed by atoms with E-state index in [-0.39, 0.29) is 5.91 Å². The molecule has 0 atom stereocenters. The van der Waals surface area contributed by atoms with Crippen molar-refractivity contribution in [3.8, 4) is 0 Å². The minimum atomic E-state index is -0.111. The number of aromatic nitrogens is 1. The van der Waals surface area contributed by atoms with Gasteiger partial charge in [-0.25, -0.2) is 4.98 Å². The van der Waals surface area contributed by atoms with Crippen LogP contribution < -0.4 is 5.32 Å². The molecule has 0 spiro atoms. The number of carbonyl (C=O) groups excluding carboxylic acids is 1. The van der Waals surface area contributed by atoms with E-state index in [1.165, 1.54) is 32.1 Å². The van der Waals surface area contributed by atoms with Gasteiger partial charge in [-0.15, -0.1) is 0 Å². The molecule has 21 heavy (non-hydrogen) atoms. The average molecular weight is 311 g/mol. The molecule has 116 valence electrons. The molecule has 1 aromatic heterocycles. The molecule has 1 aliphatic carbocycles. The van der Waals surface area contributed by atoms with Gasteiger partial charge in [0, 0.05) is 24.4 Å². The quantitative estimate of drug-likeness (QED) is 0.646. The van der Waals surface area contributed by atoms with Gasteiger partial charge in [-0.3, -0.25) is 4.79 Å². The molecule has 0 bridgehead atoms. The molecule has 0 unspecified atom stereocenters. The first-order chi connectivity index (χ1) is 10.1. The molecule has 1 saturated carbocycles. The Kier molecular flexibility index (Phi) is 6.46. The lowest BCUT2D eigenvalue weighted by atomic mass is 9.98. The summed E-state index contributed by atoms with van der Waals surface area (Å²) in [5, 5.41) is 3.23. The summed E-state index contributed by atoms with van der Waals surface area (Å²) < 4.78 is 5.83. The summed E-state index contributed by atoms with van der Waals surface area (Å²) in [6.45, 7) is 3.15. The van der Waals surface area contributed by atoms with E-state index in [1.54, 1.807) is 12.1 Å². The molecule has 1 aromatic rings. The van der Waals surface area contributed by atoms with Crippen molar-refractivity contribution >= 4 is 17.5 Å². The number of hydrogen-bond acceptors (Lipinski definition) is 3. The van der Waals surface area contributed by atoms with Gasteiger partial charge in [0.1, 0.15) is 5.15 Å². The molecule has 0 saturated heterocycles.